The monoisotopic (exact) mass is 364 g/mol. The van der Waals surface area contributed by atoms with Gasteiger partial charge < -0.3 is 5.32 Å². The van der Waals surface area contributed by atoms with Crippen molar-refractivity contribution in [3.05, 3.63) is 21.0 Å². The lowest BCUT2D eigenvalue weighted by Crippen LogP contribution is -2.25. The predicted octanol–water partition coefficient (Wildman–Crippen LogP) is 0.506. The van der Waals surface area contributed by atoms with Crippen LogP contribution >= 0.6 is 15.9 Å². The molecule has 0 amide bonds. The van der Waals surface area contributed by atoms with Gasteiger partial charge >= 0.3 is 0 Å². The first-order valence-electron chi connectivity index (χ1n) is 6.37. The summed E-state index contributed by atoms with van der Waals surface area (Å²) in [4.78, 5) is 12.0. The van der Waals surface area contributed by atoms with Gasteiger partial charge in [0, 0.05) is 13.1 Å². The second-order valence-corrected chi connectivity index (χ2v) is 7.48. The number of nitrogens with two attached hydrogens (primary N) is 1. The molecule has 1 heterocycles. The van der Waals surface area contributed by atoms with Crippen LogP contribution in [0.1, 0.15) is 19.3 Å². The van der Waals surface area contributed by atoms with Crippen LogP contribution in [0.15, 0.2) is 15.5 Å². The normalized spacial score (nSPS) is 15.3. The van der Waals surface area contributed by atoms with Crippen LogP contribution in [0.5, 0.6) is 0 Å². The van der Waals surface area contributed by atoms with Gasteiger partial charge in [-0.15, -0.1) is 0 Å². The van der Waals surface area contributed by atoms with Crippen LogP contribution in [0, 0.1) is 5.92 Å². The zero-order chi connectivity index (χ0) is 14.8. The summed E-state index contributed by atoms with van der Waals surface area (Å²) in [5.41, 5.74) is 0.393. The molecule has 0 radical (unpaired) electrons. The maximum Gasteiger partial charge on any atom is 0.283 e. The molecule has 0 atom stereocenters. The molecule has 20 heavy (non-hydrogen) atoms. The van der Waals surface area contributed by atoms with Gasteiger partial charge in [-0.25, -0.2) is 18.2 Å². The second-order valence-electron chi connectivity index (χ2n) is 4.95. The van der Waals surface area contributed by atoms with Gasteiger partial charge in [0.2, 0.25) is 10.0 Å². The van der Waals surface area contributed by atoms with Crippen molar-refractivity contribution in [1.82, 2.24) is 9.78 Å². The van der Waals surface area contributed by atoms with Crippen molar-refractivity contribution >= 4 is 31.6 Å². The van der Waals surface area contributed by atoms with Crippen LogP contribution in [0.4, 0.5) is 5.69 Å². The quantitative estimate of drug-likeness (QED) is 0.685. The van der Waals surface area contributed by atoms with Gasteiger partial charge in [-0.1, -0.05) is 0 Å². The molecular weight excluding hydrogens is 348 g/mol. The standard InChI is InChI=1S/C11H17BrN4O3S/c12-10-9(14-4-1-5-20(13,18)19)6-15-16(11(10)17)7-8-2-3-8/h6,8,14H,1-5,7H2,(H2,13,18,19). The lowest BCUT2D eigenvalue weighted by atomic mass is 10.4. The average molecular weight is 365 g/mol. The van der Waals surface area contributed by atoms with Gasteiger partial charge in [0.25, 0.3) is 5.56 Å². The summed E-state index contributed by atoms with van der Waals surface area (Å²) in [6, 6.07) is 0. The minimum atomic E-state index is -3.44. The Kier molecular flexibility index (Phi) is 4.82. The third-order valence-corrected chi connectivity index (χ3v) is 4.66. The zero-order valence-electron chi connectivity index (χ0n) is 10.9. The van der Waals surface area contributed by atoms with E-state index in [4.69, 9.17) is 5.14 Å². The molecule has 3 N–H and O–H groups in total. The van der Waals surface area contributed by atoms with Crippen molar-refractivity contribution in [2.45, 2.75) is 25.8 Å². The number of nitrogens with zero attached hydrogens (tertiary/aromatic N) is 2. The van der Waals surface area contributed by atoms with Gasteiger partial charge in [0.1, 0.15) is 4.47 Å². The molecule has 0 saturated heterocycles. The van der Waals surface area contributed by atoms with E-state index in [0.29, 0.717) is 35.6 Å². The third kappa shape index (κ3) is 4.57. The summed E-state index contributed by atoms with van der Waals surface area (Å²) < 4.78 is 23.5. The highest BCUT2D eigenvalue weighted by molar-refractivity contribution is 9.10. The molecule has 0 aromatic carbocycles. The molecule has 2 rings (SSSR count). The molecule has 1 fully saturated rings. The summed E-state index contributed by atoms with van der Waals surface area (Å²) in [6.45, 7) is 1.06. The Labute approximate surface area is 125 Å². The van der Waals surface area contributed by atoms with E-state index in [1.165, 1.54) is 4.68 Å². The molecule has 0 aliphatic heterocycles. The van der Waals surface area contributed by atoms with Crippen molar-refractivity contribution in [3.63, 3.8) is 0 Å². The van der Waals surface area contributed by atoms with Crippen molar-refractivity contribution in [2.24, 2.45) is 11.1 Å². The Hall–Kier alpha value is -0.930. The van der Waals surface area contributed by atoms with Gasteiger partial charge in [-0.2, -0.15) is 5.10 Å². The molecule has 112 valence electrons. The number of hydrogen-bond acceptors (Lipinski definition) is 5. The topological polar surface area (TPSA) is 107 Å². The van der Waals surface area contributed by atoms with Crippen LogP contribution in [-0.2, 0) is 16.6 Å². The SMILES string of the molecule is NS(=O)(=O)CCCNc1cnn(CC2CC2)c(=O)c1Br. The number of halogens is 1. The van der Waals surface area contributed by atoms with Crippen molar-refractivity contribution in [2.75, 3.05) is 17.6 Å². The summed E-state index contributed by atoms with van der Waals surface area (Å²) >= 11 is 3.25. The van der Waals surface area contributed by atoms with E-state index >= 15 is 0 Å². The van der Waals surface area contributed by atoms with E-state index in [0.717, 1.165) is 12.8 Å². The molecule has 1 aromatic heterocycles. The molecule has 1 aromatic rings. The number of anilines is 1. The minimum absolute atomic E-state index is 0.0935. The van der Waals surface area contributed by atoms with Crippen molar-refractivity contribution in [1.29, 1.82) is 0 Å². The van der Waals surface area contributed by atoms with E-state index in [1.807, 2.05) is 0 Å². The van der Waals surface area contributed by atoms with Crippen molar-refractivity contribution < 1.29 is 8.42 Å². The highest BCUT2D eigenvalue weighted by Crippen LogP contribution is 2.30. The Morgan fingerprint density at radius 1 is 1.50 bits per heavy atom. The number of rotatable bonds is 7. The van der Waals surface area contributed by atoms with E-state index in [9.17, 15) is 13.2 Å². The molecule has 0 spiro atoms. The summed E-state index contributed by atoms with van der Waals surface area (Å²) in [6.07, 6.45) is 4.25. The minimum Gasteiger partial charge on any atom is -0.383 e. The van der Waals surface area contributed by atoms with Gasteiger partial charge in [-0.3, -0.25) is 4.79 Å². The van der Waals surface area contributed by atoms with E-state index in [-0.39, 0.29) is 11.3 Å². The third-order valence-electron chi connectivity index (χ3n) is 3.03. The Morgan fingerprint density at radius 3 is 2.80 bits per heavy atom. The lowest BCUT2D eigenvalue weighted by Gasteiger charge is -2.10. The van der Waals surface area contributed by atoms with E-state index < -0.39 is 10.0 Å². The van der Waals surface area contributed by atoms with E-state index in [2.05, 4.69) is 26.3 Å². The van der Waals surface area contributed by atoms with Crippen LogP contribution in [0.3, 0.4) is 0 Å². The summed E-state index contributed by atoms with van der Waals surface area (Å²) in [5, 5.41) is 12.0. The van der Waals surface area contributed by atoms with Crippen LogP contribution in [0.25, 0.3) is 0 Å². The average Bonchev–Trinajstić information content (AvgIpc) is 3.16. The van der Waals surface area contributed by atoms with E-state index in [1.54, 1.807) is 6.20 Å². The molecule has 1 aliphatic carbocycles. The molecule has 1 aliphatic rings. The maximum absolute atomic E-state index is 12.0. The second kappa shape index (κ2) is 6.23. The first-order valence-corrected chi connectivity index (χ1v) is 8.87. The van der Waals surface area contributed by atoms with Gasteiger partial charge in [-0.05, 0) is 41.1 Å². The predicted molar refractivity (Wildman–Crippen MR) is 80.0 cm³/mol. The van der Waals surface area contributed by atoms with Crippen molar-refractivity contribution in [3.8, 4) is 0 Å². The number of aromatic nitrogens is 2. The zero-order valence-corrected chi connectivity index (χ0v) is 13.3. The summed E-state index contributed by atoms with van der Waals surface area (Å²) in [5.74, 6) is 0.477. The van der Waals surface area contributed by atoms with Crippen LogP contribution < -0.4 is 16.0 Å². The molecular formula is C11H17BrN4O3S. The highest BCUT2D eigenvalue weighted by Gasteiger charge is 2.23. The number of nitrogens with one attached hydrogen (secondary N) is 1. The molecule has 7 nitrogen and oxygen atoms in total. The fourth-order valence-electron chi connectivity index (χ4n) is 1.76. The molecule has 0 unspecified atom stereocenters. The van der Waals surface area contributed by atoms with Crippen LogP contribution in [0.2, 0.25) is 0 Å². The molecule has 9 heteroatoms. The summed E-state index contributed by atoms with van der Waals surface area (Å²) in [7, 11) is -3.44. The first kappa shape index (κ1) is 15.5. The smallest absolute Gasteiger partial charge is 0.283 e. The number of primary sulfonamides is 1. The Bertz CT molecular complexity index is 640. The van der Waals surface area contributed by atoms with Gasteiger partial charge in [0.05, 0.1) is 17.6 Å². The fourth-order valence-corrected chi connectivity index (χ4v) is 2.75. The Morgan fingerprint density at radius 2 is 2.20 bits per heavy atom. The first-order chi connectivity index (χ1) is 9.37. The number of sulfonamides is 1. The van der Waals surface area contributed by atoms with Crippen LogP contribution in [-0.4, -0.2) is 30.5 Å². The molecule has 1 saturated carbocycles. The maximum atomic E-state index is 12.0. The molecule has 0 bridgehead atoms. The van der Waals surface area contributed by atoms with Gasteiger partial charge in [0.15, 0.2) is 0 Å². The fraction of sp³-hybridized carbons (Fsp3) is 0.636. The largest absolute Gasteiger partial charge is 0.383 e. The number of hydrogen-bond donors (Lipinski definition) is 2. The lowest BCUT2D eigenvalue weighted by molar-refractivity contribution is 0.532. The Balaban J connectivity index is 1.95. The highest BCUT2D eigenvalue weighted by atomic mass is 79.9.